The van der Waals surface area contributed by atoms with Gasteiger partial charge in [-0.25, -0.2) is 13.2 Å². The number of nitrogens with one attached hydrogen (secondary N) is 1. The fourth-order valence-corrected chi connectivity index (χ4v) is 4.64. The lowest BCUT2D eigenvalue weighted by molar-refractivity contribution is -0.148. The number of hydrogen-bond acceptors (Lipinski definition) is 9. The molecular formula is C21H22N6O6S. The molecule has 0 saturated carbocycles. The molecule has 1 aromatic heterocycles. The number of carbonyl (C=O) groups excluding carboxylic acids is 2. The summed E-state index contributed by atoms with van der Waals surface area (Å²) in [7, 11) is -3.70. The van der Waals surface area contributed by atoms with Gasteiger partial charge in [-0.1, -0.05) is 36.4 Å². The highest BCUT2D eigenvalue weighted by atomic mass is 32.2. The molecular weight excluding hydrogens is 464 g/mol. The molecule has 1 fully saturated rings. The van der Waals surface area contributed by atoms with Crippen molar-refractivity contribution >= 4 is 27.6 Å². The molecule has 0 spiro atoms. The molecule has 12 nitrogen and oxygen atoms in total. The van der Waals surface area contributed by atoms with E-state index in [-0.39, 0.29) is 30.2 Å². The number of hydrogen-bond donors (Lipinski definition) is 1. The first-order chi connectivity index (χ1) is 16.4. The van der Waals surface area contributed by atoms with Gasteiger partial charge in [0.05, 0.1) is 18.1 Å². The summed E-state index contributed by atoms with van der Waals surface area (Å²) >= 11 is 0. The van der Waals surface area contributed by atoms with Gasteiger partial charge in [0.1, 0.15) is 0 Å². The Bertz CT molecular complexity index is 1260. The van der Waals surface area contributed by atoms with Gasteiger partial charge in [-0.3, -0.25) is 4.79 Å². The molecule has 1 saturated heterocycles. The Hall–Kier alpha value is -3.68. The molecule has 4 rings (SSSR count). The van der Waals surface area contributed by atoms with E-state index in [1.54, 1.807) is 6.07 Å². The van der Waals surface area contributed by atoms with Crippen LogP contribution in [0.25, 0.3) is 11.4 Å². The molecule has 0 unspecified atom stereocenters. The lowest BCUT2D eigenvalue weighted by atomic mass is 10.2. The topological polar surface area (TPSA) is 146 Å². The summed E-state index contributed by atoms with van der Waals surface area (Å²) in [6, 6.07) is 15.0. The maximum absolute atomic E-state index is 12.8. The van der Waals surface area contributed by atoms with Crippen LogP contribution in [0.15, 0.2) is 59.5 Å². The number of nitrogens with zero attached hydrogens (tertiary/aromatic N) is 5. The fourth-order valence-electron chi connectivity index (χ4n) is 3.19. The van der Waals surface area contributed by atoms with Crippen molar-refractivity contribution in [2.24, 2.45) is 0 Å². The lowest BCUT2D eigenvalue weighted by Gasteiger charge is -2.26. The van der Waals surface area contributed by atoms with Gasteiger partial charge in [-0.15, -0.1) is 10.2 Å². The molecule has 1 amide bonds. The van der Waals surface area contributed by atoms with Crippen LogP contribution in [0.5, 0.6) is 0 Å². The van der Waals surface area contributed by atoms with Crippen LogP contribution in [0.3, 0.4) is 0 Å². The third-order valence-electron chi connectivity index (χ3n) is 4.85. The van der Waals surface area contributed by atoms with E-state index >= 15 is 0 Å². The van der Waals surface area contributed by atoms with E-state index < -0.39 is 28.5 Å². The van der Waals surface area contributed by atoms with Crippen molar-refractivity contribution < 1.29 is 27.5 Å². The van der Waals surface area contributed by atoms with E-state index in [2.05, 4.69) is 20.7 Å². The van der Waals surface area contributed by atoms with Gasteiger partial charge in [0.15, 0.2) is 13.2 Å². The monoisotopic (exact) mass is 486 g/mol. The largest absolute Gasteiger partial charge is 0.454 e. The van der Waals surface area contributed by atoms with Crippen LogP contribution in [0, 0.1) is 0 Å². The Labute approximate surface area is 195 Å². The average molecular weight is 487 g/mol. The maximum atomic E-state index is 12.8. The summed E-state index contributed by atoms with van der Waals surface area (Å²) in [4.78, 5) is 25.4. The summed E-state index contributed by atoms with van der Waals surface area (Å²) in [6.07, 6.45) is 0. The number of ether oxygens (including phenoxy) is 2. The number of rotatable bonds is 8. The van der Waals surface area contributed by atoms with Gasteiger partial charge in [-0.05, 0) is 23.4 Å². The van der Waals surface area contributed by atoms with E-state index in [4.69, 9.17) is 9.47 Å². The van der Waals surface area contributed by atoms with Crippen LogP contribution < -0.4 is 5.32 Å². The molecule has 0 aliphatic carbocycles. The van der Waals surface area contributed by atoms with Crippen LogP contribution >= 0.6 is 0 Å². The zero-order chi connectivity index (χ0) is 24.0. The summed E-state index contributed by atoms with van der Waals surface area (Å²) < 4.78 is 37.0. The first kappa shape index (κ1) is 23.5. The van der Waals surface area contributed by atoms with Gasteiger partial charge < -0.3 is 14.8 Å². The van der Waals surface area contributed by atoms with Crippen molar-refractivity contribution in [2.45, 2.75) is 11.4 Å². The average Bonchev–Trinajstić information content (AvgIpc) is 3.32. The van der Waals surface area contributed by atoms with Crippen LogP contribution in [-0.2, 0) is 35.6 Å². The number of morpholine rings is 1. The predicted octanol–water partition coefficient (Wildman–Crippen LogP) is 0.543. The molecule has 0 radical (unpaired) electrons. The summed E-state index contributed by atoms with van der Waals surface area (Å²) in [5, 5.41) is 14.3. The van der Waals surface area contributed by atoms with Gasteiger partial charge in [-0.2, -0.15) is 9.10 Å². The number of tetrazole rings is 1. The zero-order valence-electron chi connectivity index (χ0n) is 18.0. The first-order valence-electron chi connectivity index (χ1n) is 10.4. The van der Waals surface area contributed by atoms with Crippen LogP contribution in [0.4, 0.5) is 5.69 Å². The molecule has 2 aromatic carbocycles. The number of anilines is 1. The minimum atomic E-state index is -3.70. The summed E-state index contributed by atoms with van der Waals surface area (Å²) in [6.45, 7) is 0.321. The quantitative estimate of drug-likeness (QED) is 0.451. The zero-order valence-corrected chi connectivity index (χ0v) is 18.8. The lowest BCUT2D eigenvalue weighted by Crippen LogP contribution is -2.40. The highest BCUT2D eigenvalue weighted by molar-refractivity contribution is 7.89. The Balaban J connectivity index is 1.29. The van der Waals surface area contributed by atoms with Crippen LogP contribution in [-0.4, -0.2) is 77.7 Å². The number of esters is 1. The Kier molecular flexibility index (Phi) is 7.25. The third-order valence-corrected chi connectivity index (χ3v) is 6.74. The number of sulfonamides is 1. The summed E-state index contributed by atoms with van der Waals surface area (Å²) in [5.74, 6) is -0.986. The maximum Gasteiger partial charge on any atom is 0.330 e. The molecule has 13 heteroatoms. The van der Waals surface area contributed by atoms with Crippen LogP contribution in [0.1, 0.15) is 0 Å². The number of carbonyl (C=O) groups is 2. The second kappa shape index (κ2) is 10.5. The highest BCUT2D eigenvalue weighted by Crippen LogP contribution is 2.20. The van der Waals surface area contributed by atoms with E-state index in [1.807, 2.05) is 30.3 Å². The molecule has 178 valence electrons. The van der Waals surface area contributed by atoms with Gasteiger partial charge in [0, 0.05) is 24.3 Å². The van der Waals surface area contributed by atoms with E-state index in [9.17, 15) is 18.0 Å². The fraction of sp³-hybridized carbons (Fsp3) is 0.286. The molecule has 1 aliphatic rings. The molecule has 3 aromatic rings. The normalized spacial score (nSPS) is 14.5. The molecule has 2 heterocycles. The molecule has 1 N–H and O–H groups in total. The number of aromatic nitrogens is 4. The Morgan fingerprint density at radius 2 is 1.82 bits per heavy atom. The van der Waals surface area contributed by atoms with Crippen molar-refractivity contribution in [3.8, 4) is 11.4 Å². The second-order valence-electron chi connectivity index (χ2n) is 7.26. The minimum absolute atomic E-state index is 0.0515. The van der Waals surface area contributed by atoms with E-state index in [0.29, 0.717) is 19.0 Å². The predicted molar refractivity (Wildman–Crippen MR) is 119 cm³/mol. The number of benzene rings is 2. The van der Waals surface area contributed by atoms with Crippen molar-refractivity contribution in [1.29, 1.82) is 0 Å². The first-order valence-corrected chi connectivity index (χ1v) is 11.8. The van der Waals surface area contributed by atoms with Crippen LogP contribution in [0.2, 0.25) is 0 Å². The SMILES string of the molecule is O=C(COC(=O)Cn1nnc(-c2ccccc2)n1)Nc1cccc(S(=O)(=O)N2CCOCC2)c1. The van der Waals surface area contributed by atoms with Gasteiger partial charge >= 0.3 is 5.97 Å². The van der Waals surface area contributed by atoms with Crippen molar-refractivity contribution in [3.63, 3.8) is 0 Å². The Morgan fingerprint density at radius 1 is 1.06 bits per heavy atom. The third kappa shape index (κ3) is 5.81. The second-order valence-corrected chi connectivity index (χ2v) is 9.20. The molecule has 34 heavy (non-hydrogen) atoms. The minimum Gasteiger partial charge on any atom is -0.454 e. The molecule has 0 atom stereocenters. The number of amides is 1. The van der Waals surface area contributed by atoms with Crippen molar-refractivity contribution in [1.82, 2.24) is 24.5 Å². The van der Waals surface area contributed by atoms with E-state index in [1.165, 1.54) is 22.5 Å². The van der Waals surface area contributed by atoms with Gasteiger partial charge in [0.2, 0.25) is 15.8 Å². The molecule has 1 aliphatic heterocycles. The smallest absolute Gasteiger partial charge is 0.330 e. The molecule has 0 bridgehead atoms. The van der Waals surface area contributed by atoms with Crippen molar-refractivity contribution in [3.05, 3.63) is 54.6 Å². The summed E-state index contributed by atoms with van der Waals surface area (Å²) in [5.41, 5.74) is 1.01. The Morgan fingerprint density at radius 3 is 2.59 bits per heavy atom. The van der Waals surface area contributed by atoms with E-state index in [0.717, 1.165) is 10.4 Å². The highest BCUT2D eigenvalue weighted by Gasteiger charge is 2.26. The van der Waals surface area contributed by atoms with Crippen molar-refractivity contribution in [2.75, 3.05) is 38.2 Å². The van der Waals surface area contributed by atoms with Gasteiger partial charge in [0.25, 0.3) is 5.91 Å². The standard InChI is InChI=1S/C21H22N6O6S/c28-19(15-33-20(29)14-27-24-21(23-25-27)16-5-2-1-3-6-16)22-17-7-4-8-18(13-17)34(30,31)26-9-11-32-12-10-26/h1-8,13H,9-12,14-15H2,(H,22,28).